The number of nitrogens with zero attached hydrogens (tertiary/aromatic N) is 1. The first-order chi connectivity index (χ1) is 18.1. The lowest BCUT2D eigenvalue weighted by molar-refractivity contribution is -0.139. The van der Waals surface area contributed by atoms with Crippen LogP contribution in [0.25, 0.3) is 0 Å². The van der Waals surface area contributed by atoms with Crippen molar-refractivity contribution in [1.82, 2.24) is 10.2 Å². The summed E-state index contributed by atoms with van der Waals surface area (Å²) in [6.07, 6.45) is 0.964. The lowest BCUT2D eigenvalue weighted by Crippen LogP contribution is -2.53. The molecule has 2 amide bonds. The number of benzene rings is 2. The van der Waals surface area contributed by atoms with Crippen molar-refractivity contribution in [2.45, 2.75) is 62.2 Å². The molecule has 10 heteroatoms. The Morgan fingerprint density at radius 3 is 2.50 bits per heavy atom. The van der Waals surface area contributed by atoms with Crippen molar-refractivity contribution in [1.29, 1.82) is 0 Å². The Kier molecular flexibility index (Phi) is 7.19. The second-order valence-electron chi connectivity index (χ2n) is 10.7. The third-order valence-corrected chi connectivity index (χ3v) is 8.38. The van der Waals surface area contributed by atoms with Gasteiger partial charge in [-0.15, -0.1) is 0 Å². The minimum Gasteiger partial charge on any atom is -0.493 e. The highest BCUT2D eigenvalue weighted by atomic mass is 19.4. The van der Waals surface area contributed by atoms with Crippen LogP contribution in [0.1, 0.15) is 49.7 Å². The summed E-state index contributed by atoms with van der Waals surface area (Å²) in [5, 5.41) is 5.41. The minimum absolute atomic E-state index is 0.0817. The Morgan fingerprint density at radius 2 is 1.82 bits per heavy atom. The Bertz CT molecular complexity index is 1190. The first-order valence-corrected chi connectivity index (χ1v) is 13.0. The normalized spacial score (nSPS) is 25.5. The van der Waals surface area contributed by atoms with Gasteiger partial charge in [0.25, 0.3) is 0 Å². The molecule has 1 aliphatic heterocycles. The fraction of sp³-hybridized carbons (Fsp3) is 0.536. The quantitative estimate of drug-likeness (QED) is 0.430. The van der Waals surface area contributed by atoms with Gasteiger partial charge in [-0.05, 0) is 86.9 Å². The zero-order chi connectivity index (χ0) is 27.1. The molecule has 2 aromatic rings. The van der Waals surface area contributed by atoms with E-state index in [4.69, 9.17) is 9.47 Å². The standard InChI is InChI=1S/C28H33F4N3O3/c1-37-23-8-5-18(13-24(23)38-2)27-10-9-20(15-25(27)35(12-11-27)16-17-3-4-17)34-26(36)33-19-6-7-22(29)21(14-19)28(30,31)32/h5-8,13-14,17,20,25H,3-4,9-12,15-16H2,1-2H3,(H2,33,34,36). The zero-order valence-corrected chi connectivity index (χ0v) is 21.5. The second-order valence-corrected chi connectivity index (χ2v) is 10.7. The van der Waals surface area contributed by atoms with Gasteiger partial charge in [-0.1, -0.05) is 6.07 Å². The Labute approximate surface area is 219 Å². The number of halogens is 4. The van der Waals surface area contributed by atoms with Crippen LogP contribution in [0.15, 0.2) is 36.4 Å². The molecule has 1 heterocycles. The predicted octanol–water partition coefficient (Wildman–Crippen LogP) is 5.96. The number of anilines is 1. The smallest absolute Gasteiger partial charge is 0.419 e. The number of hydrogen-bond donors (Lipinski definition) is 2. The van der Waals surface area contributed by atoms with Crippen LogP contribution in [0, 0.1) is 11.7 Å². The molecule has 0 bridgehead atoms. The van der Waals surface area contributed by atoms with Gasteiger partial charge in [0.2, 0.25) is 0 Å². The van der Waals surface area contributed by atoms with Gasteiger partial charge < -0.3 is 20.1 Å². The van der Waals surface area contributed by atoms with E-state index >= 15 is 0 Å². The molecule has 206 valence electrons. The molecular weight excluding hydrogens is 502 g/mol. The first kappa shape index (κ1) is 26.6. The maximum absolute atomic E-state index is 13.6. The Hall–Kier alpha value is -3.01. The molecule has 2 saturated carbocycles. The SMILES string of the molecule is COc1ccc(C23CCC(NC(=O)Nc4ccc(F)c(C(F)(F)F)c4)CC2N(CC2CC2)CC3)cc1OC. The molecule has 6 nitrogen and oxygen atoms in total. The van der Waals surface area contributed by atoms with Crippen LogP contribution in [-0.4, -0.2) is 50.3 Å². The van der Waals surface area contributed by atoms with Crippen LogP contribution >= 0.6 is 0 Å². The number of hydrogen-bond acceptors (Lipinski definition) is 4. The number of likely N-dealkylation sites (tertiary alicyclic amines) is 1. The molecule has 3 fully saturated rings. The van der Waals surface area contributed by atoms with Crippen molar-refractivity contribution >= 4 is 11.7 Å². The third-order valence-electron chi connectivity index (χ3n) is 8.38. The highest BCUT2D eigenvalue weighted by Gasteiger charge is 2.52. The van der Waals surface area contributed by atoms with Crippen molar-refractivity contribution < 1.29 is 31.8 Å². The molecule has 2 aliphatic carbocycles. The fourth-order valence-corrected chi connectivity index (χ4v) is 6.28. The van der Waals surface area contributed by atoms with Crippen molar-refractivity contribution in [2.75, 3.05) is 32.6 Å². The van der Waals surface area contributed by atoms with E-state index in [-0.39, 0.29) is 23.2 Å². The maximum Gasteiger partial charge on any atom is 0.419 e. The maximum atomic E-state index is 13.6. The van der Waals surface area contributed by atoms with Crippen LogP contribution in [-0.2, 0) is 11.6 Å². The van der Waals surface area contributed by atoms with Gasteiger partial charge in [-0.2, -0.15) is 13.2 Å². The summed E-state index contributed by atoms with van der Waals surface area (Å²) in [5.74, 6) is 0.711. The Balaban J connectivity index is 1.32. The zero-order valence-electron chi connectivity index (χ0n) is 21.5. The summed E-state index contributed by atoms with van der Waals surface area (Å²) in [6, 6.07) is 8.05. The van der Waals surface area contributed by atoms with Crippen molar-refractivity contribution in [3.63, 3.8) is 0 Å². The predicted molar refractivity (Wildman–Crippen MR) is 135 cm³/mol. The van der Waals surface area contributed by atoms with Gasteiger partial charge >= 0.3 is 12.2 Å². The monoisotopic (exact) mass is 535 g/mol. The van der Waals surface area contributed by atoms with E-state index in [9.17, 15) is 22.4 Å². The molecule has 3 atom stereocenters. The van der Waals surface area contributed by atoms with E-state index in [0.717, 1.165) is 44.8 Å². The van der Waals surface area contributed by atoms with Crippen molar-refractivity contribution in [3.8, 4) is 11.5 Å². The van der Waals surface area contributed by atoms with Crippen LogP contribution in [0.5, 0.6) is 11.5 Å². The lowest BCUT2D eigenvalue weighted by atomic mass is 9.65. The van der Waals surface area contributed by atoms with Crippen LogP contribution < -0.4 is 20.1 Å². The molecule has 1 saturated heterocycles. The summed E-state index contributed by atoms with van der Waals surface area (Å²) in [4.78, 5) is 15.3. The molecule has 3 unspecified atom stereocenters. The van der Waals surface area contributed by atoms with Gasteiger partial charge in [0.05, 0.1) is 19.8 Å². The summed E-state index contributed by atoms with van der Waals surface area (Å²) < 4.78 is 63.9. The second kappa shape index (κ2) is 10.3. The summed E-state index contributed by atoms with van der Waals surface area (Å²) in [6.45, 7) is 2.01. The van der Waals surface area contributed by atoms with Gasteiger partial charge in [0.1, 0.15) is 5.82 Å². The first-order valence-electron chi connectivity index (χ1n) is 13.0. The number of carbonyl (C=O) groups is 1. The largest absolute Gasteiger partial charge is 0.493 e. The van der Waals surface area contributed by atoms with Gasteiger partial charge in [0, 0.05) is 29.7 Å². The lowest BCUT2D eigenvalue weighted by Gasteiger charge is -2.45. The van der Waals surface area contributed by atoms with E-state index in [2.05, 4.69) is 27.7 Å². The van der Waals surface area contributed by atoms with Crippen molar-refractivity contribution in [3.05, 3.63) is 53.3 Å². The molecule has 3 aliphatic rings. The number of nitrogens with one attached hydrogen (secondary N) is 2. The molecule has 2 N–H and O–H groups in total. The molecule has 2 aromatic carbocycles. The third kappa shape index (κ3) is 5.28. The van der Waals surface area contributed by atoms with E-state index in [0.29, 0.717) is 29.5 Å². The number of rotatable bonds is 7. The van der Waals surface area contributed by atoms with Crippen LogP contribution in [0.4, 0.5) is 28.0 Å². The van der Waals surface area contributed by atoms with Gasteiger partial charge in [0.15, 0.2) is 11.5 Å². The van der Waals surface area contributed by atoms with Gasteiger partial charge in [-0.3, -0.25) is 4.90 Å². The molecule has 0 radical (unpaired) electrons. The average Bonchev–Trinajstić information content (AvgIpc) is 3.64. The molecular formula is C28H33F4N3O3. The summed E-state index contributed by atoms with van der Waals surface area (Å²) >= 11 is 0. The number of ether oxygens (including phenoxy) is 2. The number of alkyl halides is 3. The fourth-order valence-electron chi connectivity index (χ4n) is 6.28. The minimum atomic E-state index is -4.84. The van der Waals surface area contributed by atoms with Gasteiger partial charge in [-0.25, -0.2) is 9.18 Å². The van der Waals surface area contributed by atoms with E-state index in [1.165, 1.54) is 18.4 Å². The number of methoxy groups -OCH3 is 2. The Morgan fingerprint density at radius 1 is 1.05 bits per heavy atom. The van der Waals surface area contributed by atoms with Crippen LogP contribution in [0.2, 0.25) is 0 Å². The number of urea groups is 1. The molecule has 0 aromatic heterocycles. The highest BCUT2D eigenvalue weighted by Crippen LogP contribution is 2.51. The molecule has 5 rings (SSSR count). The summed E-state index contributed by atoms with van der Waals surface area (Å²) in [5.41, 5.74) is -0.397. The molecule has 38 heavy (non-hydrogen) atoms. The molecule has 0 spiro atoms. The van der Waals surface area contributed by atoms with Crippen molar-refractivity contribution in [2.24, 2.45) is 5.92 Å². The number of fused-ring (bicyclic) bond motifs is 1. The average molecular weight is 536 g/mol. The van der Waals surface area contributed by atoms with E-state index < -0.39 is 23.6 Å². The van der Waals surface area contributed by atoms with E-state index in [1.54, 1.807) is 14.2 Å². The number of amides is 2. The van der Waals surface area contributed by atoms with Crippen LogP contribution in [0.3, 0.4) is 0 Å². The summed E-state index contributed by atoms with van der Waals surface area (Å²) in [7, 11) is 3.24. The number of carbonyl (C=O) groups excluding carboxylic acids is 1. The topological polar surface area (TPSA) is 62.8 Å². The highest BCUT2D eigenvalue weighted by molar-refractivity contribution is 5.89. The van der Waals surface area contributed by atoms with E-state index in [1.807, 2.05) is 6.07 Å².